The molecule has 13 heavy (non-hydrogen) atoms. The smallest absolute Gasteiger partial charge is 0.0242 e. The fourth-order valence-electron chi connectivity index (χ4n) is 1.43. The Kier molecular flexibility index (Phi) is 3.90. The molecule has 0 spiro atoms. The van der Waals surface area contributed by atoms with Gasteiger partial charge in [-0.25, -0.2) is 0 Å². The van der Waals surface area contributed by atoms with Crippen molar-refractivity contribution < 1.29 is 0 Å². The summed E-state index contributed by atoms with van der Waals surface area (Å²) >= 11 is 1.87. The molecule has 0 amide bonds. The van der Waals surface area contributed by atoms with Crippen LogP contribution in [0.25, 0.3) is 0 Å². The van der Waals surface area contributed by atoms with E-state index in [1.807, 2.05) is 11.3 Å². The molecular weight excluding hydrogens is 180 g/mol. The third-order valence-corrected chi connectivity index (χ3v) is 3.10. The van der Waals surface area contributed by atoms with Crippen LogP contribution in [0.15, 0.2) is 6.07 Å². The highest BCUT2D eigenvalue weighted by molar-refractivity contribution is 7.12. The fraction of sp³-hybridized carbons (Fsp3) is 0.600. The Morgan fingerprint density at radius 3 is 2.62 bits per heavy atom. The van der Waals surface area contributed by atoms with E-state index >= 15 is 0 Å². The van der Waals surface area contributed by atoms with Gasteiger partial charge in [0.05, 0.1) is 0 Å². The van der Waals surface area contributed by atoms with E-state index in [9.17, 15) is 0 Å². The van der Waals surface area contributed by atoms with Crippen LogP contribution >= 0.6 is 11.3 Å². The second kappa shape index (κ2) is 4.74. The second-order valence-electron chi connectivity index (χ2n) is 3.46. The lowest BCUT2D eigenvalue weighted by atomic mass is 10.2. The molecule has 3 heteroatoms. The second-order valence-corrected chi connectivity index (χ2v) is 4.93. The molecule has 0 bridgehead atoms. The van der Waals surface area contributed by atoms with Crippen molar-refractivity contribution in [1.82, 2.24) is 4.90 Å². The molecule has 1 aromatic heterocycles. The van der Waals surface area contributed by atoms with E-state index in [4.69, 9.17) is 5.73 Å². The highest BCUT2D eigenvalue weighted by atomic mass is 32.1. The van der Waals surface area contributed by atoms with Crippen LogP contribution in [0, 0.1) is 13.8 Å². The number of nitrogens with zero attached hydrogens (tertiary/aromatic N) is 1. The van der Waals surface area contributed by atoms with Gasteiger partial charge in [-0.3, -0.25) is 0 Å². The zero-order chi connectivity index (χ0) is 9.84. The van der Waals surface area contributed by atoms with E-state index in [1.54, 1.807) is 0 Å². The van der Waals surface area contributed by atoms with Crippen LogP contribution in [0.3, 0.4) is 0 Å². The molecule has 0 saturated heterocycles. The normalized spacial score (nSPS) is 11.2. The quantitative estimate of drug-likeness (QED) is 0.798. The third kappa shape index (κ3) is 3.10. The van der Waals surface area contributed by atoms with E-state index in [-0.39, 0.29) is 0 Å². The lowest BCUT2D eigenvalue weighted by molar-refractivity contribution is 0.336. The number of thiophene rings is 1. The van der Waals surface area contributed by atoms with Gasteiger partial charge in [-0.2, -0.15) is 0 Å². The summed E-state index contributed by atoms with van der Waals surface area (Å²) in [4.78, 5) is 5.09. The predicted molar refractivity (Wildman–Crippen MR) is 59.2 cm³/mol. The first-order chi connectivity index (χ1) is 6.13. The fourth-order valence-corrected chi connectivity index (χ4v) is 2.37. The Balaban J connectivity index is 2.57. The molecule has 74 valence electrons. The van der Waals surface area contributed by atoms with Crippen molar-refractivity contribution >= 4 is 11.3 Å². The monoisotopic (exact) mass is 198 g/mol. The van der Waals surface area contributed by atoms with Gasteiger partial charge in [0.1, 0.15) is 0 Å². The molecular formula is C10H18N2S. The molecule has 0 atom stereocenters. The maximum atomic E-state index is 5.49. The van der Waals surface area contributed by atoms with Crippen molar-refractivity contribution in [2.75, 3.05) is 20.1 Å². The van der Waals surface area contributed by atoms with Crippen molar-refractivity contribution in [1.29, 1.82) is 0 Å². The number of likely N-dealkylation sites (N-methyl/N-ethyl adjacent to an activating group) is 1. The van der Waals surface area contributed by atoms with Gasteiger partial charge < -0.3 is 10.6 Å². The Bertz CT molecular complexity index is 268. The molecule has 0 aliphatic rings. The first-order valence-corrected chi connectivity index (χ1v) is 5.39. The molecule has 0 unspecified atom stereocenters. The van der Waals surface area contributed by atoms with Crippen LogP contribution in [0.1, 0.15) is 15.3 Å². The molecule has 1 aromatic rings. The van der Waals surface area contributed by atoms with Crippen LogP contribution in [-0.4, -0.2) is 25.0 Å². The van der Waals surface area contributed by atoms with Crippen molar-refractivity contribution in [3.05, 3.63) is 21.4 Å². The SMILES string of the molecule is Cc1cc(CN(C)CCN)c(C)s1. The summed E-state index contributed by atoms with van der Waals surface area (Å²) in [6.07, 6.45) is 0. The minimum atomic E-state index is 0.735. The summed E-state index contributed by atoms with van der Waals surface area (Å²) < 4.78 is 0. The first kappa shape index (κ1) is 10.7. The van der Waals surface area contributed by atoms with Crippen LogP contribution < -0.4 is 5.73 Å². The van der Waals surface area contributed by atoms with E-state index in [1.165, 1.54) is 15.3 Å². The summed E-state index contributed by atoms with van der Waals surface area (Å²) in [5.74, 6) is 0. The third-order valence-electron chi connectivity index (χ3n) is 2.09. The maximum Gasteiger partial charge on any atom is 0.0242 e. The van der Waals surface area contributed by atoms with Gasteiger partial charge in [-0.1, -0.05) is 0 Å². The molecule has 1 rings (SSSR count). The van der Waals surface area contributed by atoms with Gasteiger partial charge in [0.25, 0.3) is 0 Å². The van der Waals surface area contributed by atoms with Crippen molar-refractivity contribution in [3.63, 3.8) is 0 Å². The van der Waals surface area contributed by atoms with E-state index in [2.05, 4.69) is 31.9 Å². The van der Waals surface area contributed by atoms with E-state index < -0.39 is 0 Å². The Hall–Kier alpha value is -0.380. The summed E-state index contributed by atoms with van der Waals surface area (Å²) in [5.41, 5.74) is 6.93. The molecule has 1 heterocycles. The first-order valence-electron chi connectivity index (χ1n) is 4.58. The lowest BCUT2D eigenvalue weighted by Crippen LogP contribution is -2.24. The van der Waals surface area contributed by atoms with E-state index in [0.717, 1.165) is 19.6 Å². The standard InChI is InChI=1S/C10H18N2S/c1-8-6-10(9(2)13-8)7-12(3)5-4-11/h6H,4-5,7,11H2,1-3H3. The average Bonchev–Trinajstić information content (AvgIpc) is 2.30. The van der Waals surface area contributed by atoms with Gasteiger partial charge in [-0.05, 0) is 32.5 Å². The predicted octanol–water partition coefficient (Wildman–Crippen LogP) is 1.76. The minimum Gasteiger partial charge on any atom is -0.329 e. The lowest BCUT2D eigenvalue weighted by Gasteiger charge is -2.14. The molecule has 0 aliphatic heterocycles. The van der Waals surface area contributed by atoms with Crippen molar-refractivity contribution in [2.45, 2.75) is 20.4 Å². The molecule has 0 aliphatic carbocycles. The molecule has 0 radical (unpaired) electrons. The largest absolute Gasteiger partial charge is 0.329 e. The Morgan fingerprint density at radius 1 is 1.46 bits per heavy atom. The van der Waals surface area contributed by atoms with Gasteiger partial charge >= 0.3 is 0 Å². The van der Waals surface area contributed by atoms with Crippen molar-refractivity contribution in [3.8, 4) is 0 Å². The highest BCUT2D eigenvalue weighted by Gasteiger charge is 2.05. The number of aryl methyl sites for hydroxylation is 2. The molecule has 0 fully saturated rings. The summed E-state index contributed by atoms with van der Waals surface area (Å²) in [7, 11) is 2.11. The number of nitrogens with two attached hydrogens (primary N) is 1. The molecule has 0 aromatic carbocycles. The van der Waals surface area contributed by atoms with E-state index in [0.29, 0.717) is 0 Å². The highest BCUT2D eigenvalue weighted by Crippen LogP contribution is 2.21. The van der Waals surface area contributed by atoms with Crippen LogP contribution in [-0.2, 0) is 6.54 Å². The topological polar surface area (TPSA) is 29.3 Å². The molecule has 2 N–H and O–H groups in total. The number of rotatable bonds is 4. The number of hydrogen-bond donors (Lipinski definition) is 1. The summed E-state index contributed by atoms with van der Waals surface area (Å²) in [6.45, 7) is 7.06. The van der Waals surface area contributed by atoms with Gasteiger partial charge in [0, 0.05) is 29.4 Å². The minimum absolute atomic E-state index is 0.735. The zero-order valence-electron chi connectivity index (χ0n) is 8.63. The number of hydrogen-bond acceptors (Lipinski definition) is 3. The molecule has 2 nitrogen and oxygen atoms in total. The van der Waals surface area contributed by atoms with Crippen LogP contribution in [0.5, 0.6) is 0 Å². The van der Waals surface area contributed by atoms with Gasteiger partial charge in [0.15, 0.2) is 0 Å². The molecule has 0 saturated carbocycles. The van der Waals surface area contributed by atoms with Crippen LogP contribution in [0.4, 0.5) is 0 Å². The maximum absolute atomic E-state index is 5.49. The summed E-state index contributed by atoms with van der Waals surface area (Å²) in [5, 5.41) is 0. The Labute approximate surface area is 84.4 Å². The van der Waals surface area contributed by atoms with Gasteiger partial charge in [0.2, 0.25) is 0 Å². The summed E-state index contributed by atoms with van der Waals surface area (Å²) in [6, 6.07) is 2.27. The zero-order valence-corrected chi connectivity index (χ0v) is 9.45. The Morgan fingerprint density at radius 2 is 2.15 bits per heavy atom. The van der Waals surface area contributed by atoms with Crippen LogP contribution in [0.2, 0.25) is 0 Å². The van der Waals surface area contributed by atoms with Gasteiger partial charge in [-0.15, -0.1) is 11.3 Å². The average molecular weight is 198 g/mol. The van der Waals surface area contributed by atoms with Crippen molar-refractivity contribution in [2.24, 2.45) is 5.73 Å².